The standard InChI is InChI=1S/C11H23NO3S/c1-9(2)8-14-5-6-15-11(13)10(12)4-7-16-3/h9-10H,4-8,12H2,1-3H3. The van der Waals surface area contributed by atoms with Crippen LogP contribution in [0.1, 0.15) is 20.3 Å². The zero-order chi connectivity index (χ0) is 12.4. The van der Waals surface area contributed by atoms with Crippen molar-refractivity contribution in [2.24, 2.45) is 11.7 Å². The molecular weight excluding hydrogens is 226 g/mol. The van der Waals surface area contributed by atoms with Crippen molar-refractivity contribution >= 4 is 17.7 Å². The fourth-order valence-electron chi connectivity index (χ4n) is 0.990. The lowest BCUT2D eigenvalue weighted by Crippen LogP contribution is -2.33. The molecule has 0 aromatic rings. The predicted molar refractivity (Wildman–Crippen MR) is 67.6 cm³/mol. The second-order valence-corrected chi connectivity index (χ2v) is 5.01. The third-order valence-corrected chi connectivity index (χ3v) is 2.50. The van der Waals surface area contributed by atoms with Gasteiger partial charge in [0.05, 0.1) is 6.61 Å². The van der Waals surface area contributed by atoms with Gasteiger partial charge in [0.2, 0.25) is 0 Å². The number of ether oxygens (including phenoxy) is 2. The number of hydrogen-bond donors (Lipinski definition) is 1. The van der Waals surface area contributed by atoms with E-state index < -0.39 is 6.04 Å². The Balaban J connectivity index is 3.42. The molecule has 1 atom stereocenters. The van der Waals surface area contributed by atoms with Crippen molar-refractivity contribution in [2.45, 2.75) is 26.3 Å². The van der Waals surface area contributed by atoms with Crippen molar-refractivity contribution in [3.8, 4) is 0 Å². The number of carbonyl (C=O) groups is 1. The van der Waals surface area contributed by atoms with Gasteiger partial charge in [-0.25, -0.2) is 0 Å². The minimum atomic E-state index is -0.502. The summed E-state index contributed by atoms with van der Waals surface area (Å²) < 4.78 is 10.3. The van der Waals surface area contributed by atoms with Crippen molar-refractivity contribution < 1.29 is 14.3 Å². The highest BCUT2D eigenvalue weighted by Gasteiger charge is 2.13. The molecular formula is C11H23NO3S. The predicted octanol–water partition coefficient (Wildman–Crippen LogP) is 1.28. The SMILES string of the molecule is CSCCC(N)C(=O)OCCOCC(C)C. The summed E-state index contributed by atoms with van der Waals surface area (Å²) in [5.74, 6) is 1.04. The number of nitrogens with two attached hydrogens (primary N) is 1. The quantitative estimate of drug-likeness (QED) is 0.493. The Morgan fingerprint density at radius 3 is 2.62 bits per heavy atom. The first-order valence-electron chi connectivity index (χ1n) is 5.56. The van der Waals surface area contributed by atoms with Gasteiger partial charge in [0.25, 0.3) is 0 Å². The molecule has 0 fully saturated rings. The summed E-state index contributed by atoms with van der Waals surface area (Å²) in [7, 11) is 0. The average Bonchev–Trinajstić information content (AvgIpc) is 2.24. The van der Waals surface area contributed by atoms with Crippen molar-refractivity contribution in [3.63, 3.8) is 0 Å². The van der Waals surface area contributed by atoms with Gasteiger partial charge in [0, 0.05) is 6.61 Å². The molecule has 0 aromatic heterocycles. The Morgan fingerprint density at radius 2 is 2.06 bits per heavy atom. The van der Waals surface area contributed by atoms with E-state index in [1.807, 2.05) is 6.26 Å². The molecule has 0 saturated heterocycles. The van der Waals surface area contributed by atoms with Gasteiger partial charge in [0.1, 0.15) is 12.6 Å². The van der Waals surface area contributed by atoms with E-state index in [0.717, 1.165) is 5.75 Å². The molecule has 0 aromatic carbocycles. The Hall–Kier alpha value is -0.260. The minimum absolute atomic E-state index is 0.290. The Morgan fingerprint density at radius 1 is 1.38 bits per heavy atom. The van der Waals surface area contributed by atoms with Gasteiger partial charge in [-0.1, -0.05) is 13.8 Å². The van der Waals surface area contributed by atoms with Crippen molar-refractivity contribution in [2.75, 3.05) is 31.8 Å². The lowest BCUT2D eigenvalue weighted by molar-refractivity contribution is -0.146. The van der Waals surface area contributed by atoms with E-state index in [-0.39, 0.29) is 5.97 Å². The number of carbonyl (C=O) groups excluding carboxylic acids is 1. The number of thioether (sulfide) groups is 1. The van der Waals surface area contributed by atoms with Crippen molar-refractivity contribution in [1.82, 2.24) is 0 Å². The van der Waals surface area contributed by atoms with Gasteiger partial charge in [-0.2, -0.15) is 11.8 Å². The summed E-state index contributed by atoms with van der Waals surface area (Å²) in [6, 6.07) is -0.502. The Kier molecular flexibility index (Phi) is 9.77. The normalized spacial score (nSPS) is 12.8. The van der Waals surface area contributed by atoms with E-state index in [4.69, 9.17) is 15.2 Å². The lowest BCUT2D eigenvalue weighted by Gasteiger charge is -2.11. The number of esters is 1. The van der Waals surface area contributed by atoms with E-state index >= 15 is 0 Å². The average molecular weight is 249 g/mol. The van der Waals surface area contributed by atoms with Crippen LogP contribution in [0.25, 0.3) is 0 Å². The van der Waals surface area contributed by atoms with Gasteiger partial charge in [0.15, 0.2) is 0 Å². The van der Waals surface area contributed by atoms with Crippen molar-refractivity contribution in [1.29, 1.82) is 0 Å². The third-order valence-electron chi connectivity index (χ3n) is 1.86. The molecule has 96 valence electrons. The fourth-order valence-corrected chi connectivity index (χ4v) is 1.48. The molecule has 5 heteroatoms. The number of hydrogen-bond acceptors (Lipinski definition) is 5. The zero-order valence-corrected chi connectivity index (χ0v) is 11.2. The maximum absolute atomic E-state index is 11.3. The van der Waals surface area contributed by atoms with E-state index in [1.165, 1.54) is 0 Å². The summed E-state index contributed by atoms with van der Waals surface area (Å²) in [4.78, 5) is 11.3. The summed E-state index contributed by atoms with van der Waals surface area (Å²) in [6.45, 7) is 5.57. The van der Waals surface area contributed by atoms with E-state index in [0.29, 0.717) is 32.2 Å². The molecule has 2 N–H and O–H groups in total. The van der Waals surface area contributed by atoms with E-state index in [2.05, 4.69) is 13.8 Å². The Labute approximate surface area is 102 Å². The maximum Gasteiger partial charge on any atom is 0.323 e. The van der Waals surface area contributed by atoms with Crippen LogP contribution in [0.5, 0.6) is 0 Å². The van der Waals surface area contributed by atoms with Crippen LogP contribution in [0.2, 0.25) is 0 Å². The molecule has 1 unspecified atom stereocenters. The van der Waals surface area contributed by atoms with Crippen molar-refractivity contribution in [3.05, 3.63) is 0 Å². The molecule has 0 rings (SSSR count). The van der Waals surface area contributed by atoms with Gasteiger partial charge < -0.3 is 15.2 Å². The molecule has 16 heavy (non-hydrogen) atoms. The first-order chi connectivity index (χ1) is 7.57. The van der Waals surface area contributed by atoms with Crippen LogP contribution >= 0.6 is 11.8 Å². The topological polar surface area (TPSA) is 61.6 Å². The van der Waals surface area contributed by atoms with E-state index in [1.54, 1.807) is 11.8 Å². The molecule has 0 aliphatic rings. The first-order valence-corrected chi connectivity index (χ1v) is 6.96. The monoisotopic (exact) mass is 249 g/mol. The largest absolute Gasteiger partial charge is 0.462 e. The fraction of sp³-hybridized carbons (Fsp3) is 0.909. The number of rotatable bonds is 9. The minimum Gasteiger partial charge on any atom is -0.462 e. The second-order valence-electron chi connectivity index (χ2n) is 4.02. The van der Waals surface area contributed by atoms with E-state index in [9.17, 15) is 4.79 Å². The molecule has 0 radical (unpaired) electrons. The molecule has 0 amide bonds. The second kappa shape index (κ2) is 9.93. The van der Waals surface area contributed by atoms with Crippen LogP contribution in [0.3, 0.4) is 0 Å². The van der Waals surface area contributed by atoms with Crippen LogP contribution < -0.4 is 5.73 Å². The van der Waals surface area contributed by atoms with Gasteiger partial charge in [-0.05, 0) is 24.3 Å². The molecule has 0 bridgehead atoms. The first kappa shape index (κ1) is 15.7. The molecule has 0 aliphatic carbocycles. The molecule has 0 aliphatic heterocycles. The Bertz CT molecular complexity index is 188. The summed E-state index contributed by atoms with van der Waals surface area (Å²) in [6.07, 6.45) is 2.64. The van der Waals surface area contributed by atoms with Gasteiger partial charge in [-0.3, -0.25) is 4.79 Å². The summed E-state index contributed by atoms with van der Waals surface area (Å²) in [5.41, 5.74) is 5.64. The molecule has 0 spiro atoms. The lowest BCUT2D eigenvalue weighted by atomic mass is 10.2. The van der Waals surface area contributed by atoms with Crippen LogP contribution in [0, 0.1) is 5.92 Å². The highest BCUT2D eigenvalue weighted by molar-refractivity contribution is 7.98. The maximum atomic E-state index is 11.3. The van der Waals surface area contributed by atoms with Crippen LogP contribution in [-0.4, -0.2) is 43.8 Å². The smallest absolute Gasteiger partial charge is 0.323 e. The summed E-state index contributed by atoms with van der Waals surface area (Å²) in [5, 5.41) is 0. The van der Waals surface area contributed by atoms with Crippen LogP contribution in [0.15, 0.2) is 0 Å². The molecule has 0 saturated carbocycles. The molecule has 0 heterocycles. The van der Waals surface area contributed by atoms with Crippen LogP contribution in [0.4, 0.5) is 0 Å². The van der Waals surface area contributed by atoms with Gasteiger partial charge in [-0.15, -0.1) is 0 Å². The highest BCUT2D eigenvalue weighted by Crippen LogP contribution is 2.00. The highest BCUT2D eigenvalue weighted by atomic mass is 32.2. The van der Waals surface area contributed by atoms with Gasteiger partial charge >= 0.3 is 5.97 Å². The summed E-state index contributed by atoms with van der Waals surface area (Å²) >= 11 is 1.67. The third kappa shape index (κ3) is 9.00. The van der Waals surface area contributed by atoms with Crippen LogP contribution in [-0.2, 0) is 14.3 Å². The zero-order valence-electron chi connectivity index (χ0n) is 10.4. The molecule has 4 nitrogen and oxygen atoms in total.